The molecule has 9 heteroatoms. The van der Waals surface area contributed by atoms with E-state index < -0.39 is 0 Å². The van der Waals surface area contributed by atoms with Crippen LogP contribution in [0.25, 0.3) is 0 Å². The Morgan fingerprint density at radius 2 is 1.76 bits per heavy atom. The Hall–Kier alpha value is -2.62. The molecule has 2 aromatic rings. The van der Waals surface area contributed by atoms with Crippen LogP contribution < -0.4 is 5.32 Å². The number of amides is 3. The molecule has 3 fully saturated rings. The number of urea groups is 1. The highest BCUT2D eigenvalue weighted by atomic mass is 32.2. The van der Waals surface area contributed by atoms with Crippen LogP contribution in [0.2, 0.25) is 0 Å². The topological polar surface area (TPSA) is 78.0 Å². The summed E-state index contributed by atoms with van der Waals surface area (Å²) in [6, 6.07) is 13.7. The second kappa shape index (κ2) is 14.2. The number of rotatable bonds is 10. The van der Waals surface area contributed by atoms with Gasteiger partial charge in [0.25, 0.3) is 0 Å². The van der Waals surface area contributed by atoms with Crippen LogP contribution in [0.4, 0.5) is 4.79 Å². The molecule has 42 heavy (non-hydrogen) atoms. The van der Waals surface area contributed by atoms with E-state index in [1.165, 1.54) is 5.56 Å². The summed E-state index contributed by atoms with van der Waals surface area (Å²) in [5.74, 6) is 0.592. The molecule has 3 aliphatic rings. The van der Waals surface area contributed by atoms with E-state index in [4.69, 9.17) is 9.72 Å². The van der Waals surface area contributed by atoms with Crippen molar-refractivity contribution in [3.05, 3.63) is 53.2 Å². The Morgan fingerprint density at radius 3 is 2.40 bits per heavy atom. The lowest BCUT2D eigenvalue weighted by Crippen LogP contribution is -2.50. The van der Waals surface area contributed by atoms with Crippen LogP contribution >= 0.6 is 11.8 Å². The predicted octanol–water partition coefficient (Wildman–Crippen LogP) is 5.13. The number of likely N-dealkylation sites (N-methyl/N-ethyl adjacent to an activating group) is 1. The Kier molecular flexibility index (Phi) is 10.4. The fourth-order valence-electron chi connectivity index (χ4n) is 6.64. The first-order valence-corrected chi connectivity index (χ1v) is 16.4. The third-order valence-corrected chi connectivity index (χ3v) is 9.89. The molecule has 1 N–H and O–H groups in total. The van der Waals surface area contributed by atoms with E-state index in [1.54, 1.807) is 18.8 Å². The van der Waals surface area contributed by atoms with Gasteiger partial charge in [0.2, 0.25) is 5.91 Å². The van der Waals surface area contributed by atoms with Gasteiger partial charge in [0, 0.05) is 69.1 Å². The lowest BCUT2D eigenvalue weighted by molar-refractivity contribution is -0.119. The van der Waals surface area contributed by atoms with Crippen molar-refractivity contribution in [1.82, 2.24) is 25.0 Å². The molecule has 0 bridgehead atoms. The number of carbonyl (C=O) groups is 2. The van der Waals surface area contributed by atoms with Gasteiger partial charge in [-0.15, -0.1) is 0 Å². The Labute approximate surface area is 255 Å². The molecule has 8 nitrogen and oxygen atoms in total. The number of piperidine rings is 1. The van der Waals surface area contributed by atoms with E-state index in [9.17, 15) is 9.59 Å². The number of hydrogen-bond acceptors (Lipinski definition) is 6. The van der Waals surface area contributed by atoms with E-state index in [-0.39, 0.29) is 11.9 Å². The number of likely N-dealkylation sites (tertiary alicyclic amines) is 1. The molecule has 3 amide bonds. The monoisotopic (exact) mass is 593 g/mol. The SMILES string of the molecule is CNC(=O)Cc1ccc(Sc2ccc(CN3CCC(N4C(=O)N(C5CCOCC5)C[C@H]4CC(C)C)CC3)c(C)n2)cc1. The van der Waals surface area contributed by atoms with Crippen molar-refractivity contribution in [3.8, 4) is 0 Å². The van der Waals surface area contributed by atoms with Crippen molar-refractivity contribution >= 4 is 23.7 Å². The summed E-state index contributed by atoms with van der Waals surface area (Å²) in [5.41, 5.74) is 3.33. The largest absolute Gasteiger partial charge is 0.381 e. The first kappa shape index (κ1) is 30.8. The summed E-state index contributed by atoms with van der Waals surface area (Å²) >= 11 is 1.65. The number of benzene rings is 1. The standard InChI is InChI=1S/C33H47N5O3S/c1-23(2)19-29-22-37(27-13-17-41-18-14-27)33(40)38(29)28-11-15-36(16-12-28)21-26-7-10-32(35-24(26)3)42-30-8-5-25(6-9-30)20-31(39)34-4/h5-10,23,27-29H,11-22H2,1-4H3,(H,34,39)/t29-/m1/s1. The maximum atomic E-state index is 13.7. The molecular formula is C33H47N5O3S. The summed E-state index contributed by atoms with van der Waals surface area (Å²) in [4.78, 5) is 38.3. The van der Waals surface area contributed by atoms with Crippen molar-refractivity contribution in [1.29, 1.82) is 0 Å². The summed E-state index contributed by atoms with van der Waals surface area (Å²) in [6.45, 7) is 11.9. The van der Waals surface area contributed by atoms with E-state index in [1.807, 2.05) is 12.1 Å². The molecule has 0 saturated carbocycles. The number of aromatic nitrogens is 1. The average Bonchev–Trinajstić information content (AvgIpc) is 3.31. The molecule has 1 atom stereocenters. The third-order valence-electron chi connectivity index (χ3n) is 8.95. The molecule has 228 valence electrons. The number of aryl methyl sites for hydroxylation is 1. The van der Waals surface area contributed by atoms with Gasteiger partial charge in [-0.2, -0.15) is 0 Å². The highest BCUT2D eigenvalue weighted by molar-refractivity contribution is 7.99. The van der Waals surface area contributed by atoms with Gasteiger partial charge < -0.3 is 19.9 Å². The normalized spacial score (nSPS) is 21.0. The second-order valence-corrected chi connectivity index (χ2v) is 13.6. The summed E-state index contributed by atoms with van der Waals surface area (Å²) in [7, 11) is 1.66. The average molecular weight is 594 g/mol. The highest BCUT2D eigenvalue weighted by Crippen LogP contribution is 2.33. The second-order valence-electron chi connectivity index (χ2n) is 12.5. The van der Waals surface area contributed by atoms with Crippen LogP contribution in [0.5, 0.6) is 0 Å². The molecule has 3 aliphatic heterocycles. The molecule has 3 saturated heterocycles. The minimum atomic E-state index is 0.0181. The van der Waals surface area contributed by atoms with Gasteiger partial charge in [-0.25, -0.2) is 9.78 Å². The van der Waals surface area contributed by atoms with Crippen LogP contribution in [0.15, 0.2) is 46.3 Å². The van der Waals surface area contributed by atoms with E-state index in [0.29, 0.717) is 30.5 Å². The van der Waals surface area contributed by atoms with Crippen molar-refractivity contribution in [3.63, 3.8) is 0 Å². The lowest BCUT2D eigenvalue weighted by Gasteiger charge is -2.39. The zero-order valence-corrected chi connectivity index (χ0v) is 26.5. The minimum absolute atomic E-state index is 0.0181. The Balaban J connectivity index is 1.15. The van der Waals surface area contributed by atoms with E-state index in [2.05, 4.69) is 65.1 Å². The first-order valence-electron chi connectivity index (χ1n) is 15.6. The molecule has 1 aromatic heterocycles. The maximum Gasteiger partial charge on any atom is 0.320 e. The van der Waals surface area contributed by atoms with Gasteiger partial charge in [0.15, 0.2) is 0 Å². The van der Waals surface area contributed by atoms with Gasteiger partial charge in [-0.1, -0.05) is 43.8 Å². The summed E-state index contributed by atoms with van der Waals surface area (Å²) in [5, 5.41) is 3.65. The van der Waals surface area contributed by atoms with Gasteiger partial charge in [0.05, 0.1) is 12.5 Å². The van der Waals surface area contributed by atoms with Gasteiger partial charge in [-0.3, -0.25) is 9.69 Å². The predicted molar refractivity (Wildman–Crippen MR) is 167 cm³/mol. The molecule has 0 spiro atoms. The van der Waals surface area contributed by atoms with Crippen LogP contribution in [0.3, 0.4) is 0 Å². The number of pyridine rings is 1. The van der Waals surface area contributed by atoms with Crippen LogP contribution in [0, 0.1) is 12.8 Å². The van der Waals surface area contributed by atoms with Gasteiger partial charge in [-0.05, 0) is 74.3 Å². The quantitative estimate of drug-likeness (QED) is 0.412. The first-order chi connectivity index (χ1) is 20.3. The van der Waals surface area contributed by atoms with Crippen LogP contribution in [0.1, 0.15) is 62.8 Å². The van der Waals surface area contributed by atoms with Gasteiger partial charge >= 0.3 is 6.03 Å². The van der Waals surface area contributed by atoms with Crippen molar-refractivity contribution < 1.29 is 14.3 Å². The van der Waals surface area contributed by atoms with Crippen molar-refractivity contribution in [2.75, 3.05) is 39.9 Å². The Morgan fingerprint density at radius 1 is 1.05 bits per heavy atom. The van der Waals surface area contributed by atoms with Gasteiger partial charge in [0.1, 0.15) is 5.03 Å². The zero-order valence-electron chi connectivity index (χ0n) is 25.7. The number of nitrogens with one attached hydrogen (secondary N) is 1. The van der Waals surface area contributed by atoms with E-state index in [0.717, 1.165) is 92.7 Å². The lowest BCUT2D eigenvalue weighted by atomic mass is 9.97. The van der Waals surface area contributed by atoms with Crippen LogP contribution in [-0.4, -0.2) is 89.6 Å². The van der Waals surface area contributed by atoms with Crippen molar-refractivity contribution in [2.45, 2.75) is 93.9 Å². The zero-order chi connectivity index (χ0) is 29.6. The number of nitrogens with zero attached hydrogens (tertiary/aromatic N) is 4. The fourth-order valence-corrected chi connectivity index (χ4v) is 7.48. The third kappa shape index (κ3) is 7.66. The molecule has 0 unspecified atom stereocenters. The number of carbonyl (C=O) groups excluding carboxylic acids is 2. The van der Waals surface area contributed by atoms with Crippen LogP contribution in [-0.2, 0) is 22.5 Å². The smallest absolute Gasteiger partial charge is 0.320 e. The molecule has 1 aromatic carbocycles. The number of hydrogen-bond donors (Lipinski definition) is 1. The summed E-state index contributed by atoms with van der Waals surface area (Å²) in [6.07, 6.45) is 5.44. The number of ether oxygens (including phenoxy) is 1. The van der Waals surface area contributed by atoms with E-state index >= 15 is 0 Å². The highest BCUT2D eigenvalue weighted by Gasteiger charge is 2.44. The maximum absolute atomic E-state index is 13.7. The summed E-state index contributed by atoms with van der Waals surface area (Å²) < 4.78 is 5.57. The molecular weight excluding hydrogens is 546 g/mol. The molecule has 4 heterocycles. The van der Waals surface area contributed by atoms with Crippen molar-refractivity contribution in [2.24, 2.45) is 5.92 Å². The minimum Gasteiger partial charge on any atom is -0.381 e. The molecule has 5 rings (SSSR count). The fraction of sp³-hybridized carbons (Fsp3) is 0.606. The molecule has 0 radical (unpaired) electrons. The Bertz CT molecular complexity index is 1210. The molecule has 0 aliphatic carbocycles.